The monoisotopic (exact) mass is 332 g/mol. The Morgan fingerprint density at radius 1 is 0.880 bits per heavy atom. The van der Waals surface area contributed by atoms with Gasteiger partial charge in [-0.3, -0.25) is 0 Å². The number of rotatable bonds is 2. The first-order chi connectivity index (χ1) is 11.7. The third-order valence-electron chi connectivity index (χ3n) is 5.06. The van der Waals surface area contributed by atoms with Gasteiger partial charge in [0.05, 0.1) is 0 Å². The molecule has 3 rings (SSSR count). The molecule has 0 N–H and O–H groups in total. The van der Waals surface area contributed by atoms with Crippen molar-refractivity contribution in [3.63, 3.8) is 0 Å². The lowest BCUT2D eigenvalue weighted by Gasteiger charge is -2.18. The van der Waals surface area contributed by atoms with Crippen LogP contribution in [0.25, 0.3) is 22.2 Å². The van der Waals surface area contributed by atoms with Crippen LogP contribution in [-0.2, 0) is 13.5 Å². The first-order valence-corrected chi connectivity index (χ1v) is 9.15. The molecule has 3 aromatic rings. The molecule has 0 aliphatic heterocycles. The minimum absolute atomic E-state index is 0.312. The van der Waals surface area contributed by atoms with Crippen molar-refractivity contribution in [3.8, 4) is 11.3 Å². The molecule has 0 fully saturated rings. The zero-order valence-electron chi connectivity index (χ0n) is 16.7. The highest BCUT2D eigenvalue weighted by molar-refractivity contribution is 5.79. The van der Waals surface area contributed by atoms with Crippen LogP contribution in [0.4, 0.5) is 0 Å². The summed E-state index contributed by atoms with van der Waals surface area (Å²) in [7, 11) is 2.18. The number of aromatic nitrogens is 1. The van der Waals surface area contributed by atoms with Crippen molar-refractivity contribution in [2.24, 2.45) is 12.5 Å². The molecule has 25 heavy (non-hydrogen) atoms. The average Bonchev–Trinajstić information content (AvgIpc) is 2.50. The highest BCUT2D eigenvalue weighted by atomic mass is 14.9. The average molecular weight is 333 g/mol. The van der Waals surface area contributed by atoms with Crippen molar-refractivity contribution in [2.75, 3.05) is 0 Å². The van der Waals surface area contributed by atoms with E-state index in [2.05, 4.69) is 95.6 Å². The SMILES string of the molecule is Cc1cc(C)c(C)c(-c2ccc3cc(CC(C)(C)C)ccc3[n+]2C)c1. The van der Waals surface area contributed by atoms with E-state index in [0.29, 0.717) is 5.41 Å². The highest BCUT2D eigenvalue weighted by Gasteiger charge is 2.18. The minimum Gasteiger partial charge on any atom is -0.194 e. The quantitative estimate of drug-likeness (QED) is 0.519. The molecular weight excluding hydrogens is 302 g/mol. The van der Waals surface area contributed by atoms with Crippen LogP contribution in [0.15, 0.2) is 42.5 Å². The van der Waals surface area contributed by atoms with Gasteiger partial charge in [-0.05, 0) is 67.5 Å². The molecule has 0 saturated heterocycles. The van der Waals surface area contributed by atoms with Gasteiger partial charge in [0.25, 0.3) is 0 Å². The standard InChI is InChI=1S/C24H30N/c1-16-12-17(2)18(3)21(13-16)23-11-9-20-14-19(15-24(4,5)6)8-10-22(20)25(23)7/h8-14H,15H2,1-7H3/q+1. The molecule has 1 nitrogen and oxygen atoms in total. The van der Waals surface area contributed by atoms with Gasteiger partial charge >= 0.3 is 0 Å². The summed E-state index contributed by atoms with van der Waals surface area (Å²) in [6.07, 6.45) is 1.10. The Morgan fingerprint density at radius 3 is 2.28 bits per heavy atom. The molecule has 0 spiro atoms. The molecule has 0 atom stereocenters. The van der Waals surface area contributed by atoms with Crippen LogP contribution in [-0.4, -0.2) is 0 Å². The fourth-order valence-electron chi connectivity index (χ4n) is 3.75. The van der Waals surface area contributed by atoms with Gasteiger partial charge in [-0.15, -0.1) is 0 Å². The van der Waals surface area contributed by atoms with Crippen LogP contribution in [0.2, 0.25) is 0 Å². The van der Waals surface area contributed by atoms with Gasteiger partial charge in [0, 0.05) is 23.1 Å². The van der Waals surface area contributed by atoms with E-state index < -0.39 is 0 Å². The second kappa shape index (κ2) is 6.29. The van der Waals surface area contributed by atoms with Crippen molar-refractivity contribution < 1.29 is 4.57 Å². The fraction of sp³-hybridized carbons (Fsp3) is 0.375. The number of aryl methyl sites for hydroxylation is 3. The minimum atomic E-state index is 0.312. The van der Waals surface area contributed by atoms with Crippen LogP contribution < -0.4 is 4.57 Å². The Bertz CT molecular complexity index is 942. The van der Waals surface area contributed by atoms with Crippen LogP contribution in [0, 0.1) is 26.2 Å². The normalized spacial score (nSPS) is 12.0. The van der Waals surface area contributed by atoms with E-state index in [0.717, 1.165) is 6.42 Å². The summed E-state index contributed by atoms with van der Waals surface area (Å²) in [6.45, 7) is 13.5. The zero-order valence-corrected chi connectivity index (χ0v) is 16.7. The van der Waals surface area contributed by atoms with Gasteiger partial charge in [-0.25, -0.2) is 0 Å². The van der Waals surface area contributed by atoms with E-state index in [1.165, 1.54) is 44.4 Å². The lowest BCUT2D eigenvalue weighted by atomic mass is 9.87. The van der Waals surface area contributed by atoms with Crippen LogP contribution in [0.5, 0.6) is 0 Å². The van der Waals surface area contributed by atoms with Crippen molar-refractivity contribution >= 4 is 10.9 Å². The fourth-order valence-corrected chi connectivity index (χ4v) is 3.75. The summed E-state index contributed by atoms with van der Waals surface area (Å²) in [5, 5.41) is 1.31. The van der Waals surface area contributed by atoms with Gasteiger partial charge < -0.3 is 0 Å². The highest BCUT2D eigenvalue weighted by Crippen LogP contribution is 2.27. The van der Waals surface area contributed by atoms with E-state index in [9.17, 15) is 0 Å². The number of hydrogen-bond acceptors (Lipinski definition) is 0. The van der Waals surface area contributed by atoms with Gasteiger partial charge in [-0.2, -0.15) is 4.57 Å². The van der Waals surface area contributed by atoms with E-state index in [1.807, 2.05) is 0 Å². The van der Waals surface area contributed by atoms with Crippen molar-refractivity contribution in [1.29, 1.82) is 0 Å². The van der Waals surface area contributed by atoms with Crippen molar-refractivity contribution in [1.82, 2.24) is 0 Å². The van der Waals surface area contributed by atoms with Gasteiger partial charge in [0.2, 0.25) is 11.2 Å². The second-order valence-electron chi connectivity index (χ2n) is 8.66. The van der Waals surface area contributed by atoms with Crippen LogP contribution in [0.1, 0.15) is 43.0 Å². The molecule has 130 valence electrons. The summed E-state index contributed by atoms with van der Waals surface area (Å²) >= 11 is 0. The van der Waals surface area contributed by atoms with Gasteiger partial charge in [-0.1, -0.05) is 38.5 Å². The molecule has 0 aliphatic rings. The van der Waals surface area contributed by atoms with Crippen molar-refractivity contribution in [2.45, 2.75) is 48.0 Å². The lowest BCUT2D eigenvalue weighted by molar-refractivity contribution is -0.633. The summed E-state index contributed by atoms with van der Waals surface area (Å²) < 4.78 is 2.33. The van der Waals surface area contributed by atoms with E-state index in [1.54, 1.807) is 0 Å². The Kier molecular flexibility index (Phi) is 4.45. The zero-order chi connectivity index (χ0) is 18.4. The lowest BCUT2D eigenvalue weighted by Crippen LogP contribution is -2.32. The number of benzene rings is 2. The van der Waals surface area contributed by atoms with E-state index in [4.69, 9.17) is 0 Å². The first-order valence-electron chi connectivity index (χ1n) is 9.15. The molecule has 2 aromatic carbocycles. The smallest absolute Gasteiger partial charge is 0.194 e. The predicted molar refractivity (Wildman–Crippen MR) is 108 cm³/mol. The summed E-state index contributed by atoms with van der Waals surface area (Å²) in [6, 6.07) is 16.0. The predicted octanol–water partition coefficient (Wildman–Crippen LogP) is 5.85. The molecule has 1 heterocycles. The summed E-state index contributed by atoms with van der Waals surface area (Å²) in [4.78, 5) is 0. The molecule has 0 bridgehead atoms. The third-order valence-corrected chi connectivity index (χ3v) is 5.06. The van der Waals surface area contributed by atoms with Crippen LogP contribution >= 0.6 is 0 Å². The third kappa shape index (κ3) is 3.61. The maximum Gasteiger partial charge on any atom is 0.213 e. The summed E-state index contributed by atoms with van der Waals surface area (Å²) in [5.74, 6) is 0. The Morgan fingerprint density at radius 2 is 1.60 bits per heavy atom. The maximum atomic E-state index is 2.35. The molecule has 0 amide bonds. The molecule has 0 aliphatic carbocycles. The summed E-state index contributed by atoms with van der Waals surface area (Å²) in [5.41, 5.74) is 9.66. The number of hydrogen-bond donors (Lipinski definition) is 0. The van der Waals surface area contributed by atoms with Crippen molar-refractivity contribution in [3.05, 3.63) is 64.7 Å². The Hall–Kier alpha value is -2.15. The molecular formula is C24H30N+. The maximum absolute atomic E-state index is 2.35. The van der Waals surface area contributed by atoms with Gasteiger partial charge in [0.15, 0.2) is 0 Å². The number of fused-ring (bicyclic) bond motifs is 1. The Balaban J connectivity index is 2.14. The van der Waals surface area contributed by atoms with E-state index >= 15 is 0 Å². The topological polar surface area (TPSA) is 3.88 Å². The molecule has 1 heteroatoms. The molecule has 0 saturated carbocycles. The first kappa shape index (κ1) is 17.7. The van der Waals surface area contributed by atoms with E-state index in [-0.39, 0.29) is 0 Å². The number of pyridine rings is 1. The van der Waals surface area contributed by atoms with Crippen LogP contribution in [0.3, 0.4) is 0 Å². The largest absolute Gasteiger partial charge is 0.213 e. The second-order valence-corrected chi connectivity index (χ2v) is 8.66. The molecule has 0 unspecified atom stereocenters. The molecule has 1 aromatic heterocycles. The number of nitrogens with zero attached hydrogens (tertiary/aromatic N) is 1. The Labute approximate surface area is 152 Å². The molecule has 0 radical (unpaired) electrons. The van der Waals surface area contributed by atoms with Gasteiger partial charge in [0.1, 0.15) is 7.05 Å².